The average molecular weight is 177 g/mol. The number of imidazole rings is 1. The van der Waals surface area contributed by atoms with Crippen LogP contribution in [0, 0.1) is 6.92 Å². The first-order valence-electron chi connectivity index (χ1n) is 4.03. The van der Waals surface area contributed by atoms with Crippen molar-refractivity contribution in [2.45, 2.75) is 6.92 Å². The Bertz CT molecular complexity index is 505. The summed E-state index contributed by atoms with van der Waals surface area (Å²) in [4.78, 5) is 15.7. The molecule has 13 heavy (non-hydrogen) atoms. The third kappa shape index (κ3) is 1.12. The van der Waals surface area contributed by atoms with Gasteiger partial charge in [-0.3, -0.25) is 4.99 Å². The maximum Gasteiger partial charge on any atom is 0.182 e. The van der Waals surface area contributed by atoms with Gasteiger partial charge in [-0.2, -0.15) is 0 Å². The van der Waals surface area contributed by atoms with Crippen molar-refractivity contribution in [1.82, 2.24) is 19.5 Å². The Morgan fingerprint density at radius 1 is 1.54 bits per heavy atom. The number of rotatable bonds is 0. The highest BCUT2D eigenvalue weighted by Gasteiger charge is 2.03. The molecule has 68 valence electrons. The van der Waals surface area contributed by atoms with E-state index in [1.165, 1.54) is 0 Å². The van der Waals surface area contributed by atoms with Crippen LogP contribution in [0.1, 0.15) is 5.82 Å². The van der Waals surface area contributed by atoms with Crippen molar-refractivity contribution in [3.8, 4) is 0 Å². The number of fused-ring (bicyclic) bond motifs is 1. The van der Waals surface area contributed by atoms with Crippen LogP contribution in [0.3, 0.4) is 0 Å². The van der Waals surface area contributed by atoms with Gasteiger partial charge in [-0.15, -0.1) is 0 Å². The fraction of sp³-hybridized carbons (Fsp3) is 0.375. The van der Waals surface area contributed by atoms with Gasteiger partial charge in [-0.05, 0) is 6.92 Å². The van der Waals surface area contributed by atoms with Gasteiger partial charge in [-0.1, -0.05) is 0 Å². The smallest absolute Gasteiger partial charge is 0.182 e. The van der Waals surface area contributed by atoms with Crippen LogP contribution in [0.25, 0.3) is 11.2 Å². The lowest BCUT2D eigenvalue weighted by Gasteiger charge is -1.97. The minimum atomic E-state index is 0.719. The van der Waals surface area contributed by atoms with Crippen molar-refractivity contribution in [2.24, 2.45) is 12.0 Å². The zero-order valence-electron chi connectivity index (χ0n) is 7.87. The molecule has 0 atom stereocenters. The lowest BCUT2D eigenvalue weighted by atomic mass is 10.5. The van der Waals surface area contributed by atoms with Gasteiger partial charge >= 0.3 is 0 Å². The summed E-state index contributed by atoms with van der Waals surface area (Å²) in [6.45, 7) is 1.90. The summed E-state index contributed by atoms with van der Waals surface area (Å²) in [5.41, 5.74) is 2.48. The van der Waals surface area contributed by atoms with Gasteiger partial charge < -0.3 is 9.55 Å². The van der Waals surface area contributed by atoms with E-state index in [2.05, 4.69) is 19.9 Å². The van der Waals surface area contributed by atoms with Gasteiger partial charge in [0.15, 0.2) is 11.1 Å². The van der Waals surface area contributed by atoms with E-state index < -0.39 is 0 Å². The second-order valence-electron chi connectivity index (χ2n) is 2.92. The Morgan fingerprint density at radius 3 is 3.00 bits per heavy atom. The Morgan fingerprint density at radius 2 is 2.31 bits per heavy atom. The topological polar surface area (TPSA) is 58.9 Å². The van der Waals surface area contributed by atoms with E-state index >= 15 is 0 Å². The van der Waals surface area contributed by atoms with E-state index in [0.29, 0.717) is 0 Å². The molecule has 2 aromatic rings. The maximum absolute atomic E-state index is 4.22. The van der Waals surface area contributed by atoms with E-state index in [4.69, 9.17) is 0 Å². The van der Waals surface area contributed by atoms with Crippen LogP contribution in [-0.2, 0) is 7.05 Å². The predicted octanol–water partition coefficient (Wildman–Crippen LogP) is 0.135. The van der Waals surface area contributed by atoms with Crippen LogP contribution in [-0.4, -0.2) is 26.6 Å². The normalized spacial score (nSPS) is 12.7. The Hall–Kier alpha value is -1.65. The molecule has 0 saturated heterocycles. The van der Waals surface area contributed by atoms with Crippen molar-refractivity contribution in [3.63, 3.8) is 0 Å². The van der Waals surface area contributed by atoms with Crippen molar-refractivity contribution >= 4 is 11.2 Å². The summed E-state index contributed by atoms with van der Waals surface area (Å²) in [5, 5.41) is 0. The molecule has 1 N–H and O–H groups in total. The number of nitrogens with one attached hydrogen (secondary N) is 1. The molecule has 0 aliphatic carbocycles. The molecule has 0 radical (unpaired) electrons. The van der Waals surface area contributed by atoms with E-state index in [0.717, 1.165) is 22.5 Å². The predicted molar refractivity (Wildman–Crippen MR) is 49.1 cm³/mol. The van der Waals surface area contributed by atoms with Crippen LogP contribution < -0.4 is 5.49 Å². The van der Waals surface area contributed by atoms with Crippen LogP contribution >= 0.6 is 0 Å². The first-order valence-corrected chi connectivity index (χ1v) is 4.03. The van der Waals surface area contributed by atoms with E-state index in [1.54, 1.807) is 13.4 Å². The number of nitrogens with zero attached hydrogens (tertiary/aromatic N) is 4. The Balaban J connectivity index is 3.00. The highest BCUT2D eigenvalue weighted by atomic mass is 15.1. The van der Waals surface area contributed by atoms with Crippen molar-refractivity contribution in [1.29, 1.82) is 0 Å². The third-order valence-electron chi connectivity index (χ3n) is 1.93. The molecule has 0 spiro atoms. The fourth-order valence-corrected chi connectivity index (χ4v) is 1.37. The van der Waals surface area contributed by atoms with Crippen LogP contribution in [0.15, 0.2) is 11.3 Å². The fourth-order valence-electron chi connectivity index (χ4n) is 1.37. The molecule has 0 aliphatic rings. The molecule has 2 rings (SSSR count). The molecule has 0 aliphatic heterocycles. The number of H-pyrrole nitrogens is 1. The highest BCUT2D eigenvalue weighted by molar-refractivity contribution is 5.68. The third-order valence-corrected chi connectivity index (χ3v) is 1.93. The van der Waals surface area contributed by atoms with Crippen molar-refractivity contribution in [3.05, 3.63) is 17.6 Å². The molecule has 0 saturated carbocycles. The van der Waals surface area contributed by atoms with Gasteiger partial charge in [0.25, 0.3) is 0 Å². The molecule has 0 aromatic carbocycles. The van der Waals surface area contributed by atoms with E-state index in [-0.39, 0.29) is 0 Å². The van der Waals surface area contributed by atoms with Crippen molar-refractivity contribution in [2.75, 3.05) is 7.05 Å². The van der Waals surface area contributed by atoms with Gasteiger partial charge in [0.2, 0.25) is 0 Å². The number of aromatic nitrogens is 4. The molecule has 0 fully saturated rings. The standard InChI is InChI=1S/C8H11N5/c1-5-11-6-7(12-5)10-4-13(3)8(6)9-2/h4H,1-3H3,(H,11,12). The lowest BCUT2D eigenvalue weighted by molar-refractivity contribution is 0.811. The molecule has 0 bridgehead atoms. The van der Waals surface area contributed by atoms with E-state index in [9.17, 15) is 0 Å². The second-order valence-corrected chi connectivity index (χ2v) is 2.92. The molecule has 0 unspecified atom stereocenters. The van der Waals surface area contributed by atoms with Gasteiger partial charge in [0, 0.05) is 14.1 Å². The zero-order valence-corrected chi connectivity index (χ0v) is 7.87. The highest BCUT2D eigenvalue weighted by Crippen LogP contribution is 2.00. The van der Waals surface area contributed by atoms with Crippen LogP contribution in [0.2, 0.25) is 0 Å². The second kappa shape index (κ2) is 2.69. The minimum Gasteiger partial charge on any atom is -0.338 e. The number of aryl methyl sites for hydroxylation is 2. The first-order chi connectivity index (χ1) is 6.22. The molecule has 5 nitrogen and oxygen atoms in total. The molecule has 5 heteroatoms. The molecular weight excluding hydrogens is 166 g/mol. The van der Waals surface area contributed by atoms with Crippen LogP contribution in [0.5, 0.6) is 0 Å². The molecule has 2 heterocycles. The summed E-state index contributed by atoms with van der Waals surface area (Å²) < 4.78 is 1.86. The summed E-state index contributed by atoms with van der Waals surface area (Å²) in [6, 6.07) is 0. The lowest BCUT2D eigenvalue weighted by Crippen LogP contribution is -2.18. The number of hydrogen-bond donors (Lipinski definition) is 1. The first kappa shape index (κ1) is 7.97. The number of aromatic amines is 1. The van der Waals surface area contributed by atoms with E-state index in [1.807, 2.05) is 18.5 Å². The molecule has 2 aromatic heterocycles. The largest absolute Gasteiger partial charge is 0.338 e. The Labute approximate surface area is 75.2 Å². The molecule has 0 amide bonds. The van der Waals surface area contributed by atoms with Crippen LogP contribution in [0.4, 0.5) is 0 Å². The average Bonchev–Trinajstić information content (AvgIpc) is 2.45. The van der Waals surface area contributed by atoms with Gasteiger partial charge in [0.1, 0.15) is 11.3 Å². The zero-order chi connectivity index (χ0) is 9.42. The maximum atomic E-state index is 4.22. The summed E-state index contributed by atoms with van der Waals surface area (Å²) in [5.74, 6) is 0.860. The summed E-state index contributed by atoms with van der Waals surface area (Å²) in [7, 11) is 3.66. The SMILES string of the molecule is CN=c1c2[nH]c(C)nc2ncn1C. The quantitative estimate of drug-likeness (QED) is 0.622. The molecular formula is C8H11N5. The minimum absolute atomic E-state index is 0.719. The monoisotopic (exact) mass is 177 g/mol. The van der Waals surface area contributed by atoms with Gasteiger partial charge in [0.05, 0.1) is 6.33 Å². The Kier molecular flexibility index (Phi) is 1.65. The van der Waals surface area contributed by atoms with Crippen molar-refractivity contribution < 1.29 is 0 Å². The number of hydrogen-bond acceptors (Lipinski definition) is 3. The summed E-state index contributed by atoms with van der Waals surface area (Å²) >= 11 is 0. The summed E-state index contributed by atoms with van der Waals surface area (Å²) in [6.07, 6.45) is 1.71. The van der Waals surface area contributed by atoms with Gasteiger partial charge in [-0.25, -0.2) is 9.97 Å².